The van der Waals surface area contributed by atoms with Crippen LogP contribution >= 0.6 is 63.7 Å². The molecule has 72 heavy (non-hydrogen) atoms. The van der Waals surface area contributed by atoms with Crippen LogP contribution in [0.5, 0.6) is 0 Å². The van der Waals surface area contributed by atoms with E-state index >= 15 is 9.59 Å². The minimum absolute atomic E-state index is 0.174. The quantitative estimate of drug-likeness (QED) is 0.0957. The molecule has 0 amide bonds. The summed E-state index contributed by atoms with van der Waals surface area (Å²) in [5.74, 6) is -0.882. The van der Waals surface area contributed by atoms with E-state index < -0.39 is 11.9 Å². The molecule has 0 radical (unpaired) electrons. The van der Waals surface area contributed by atoms with Crippen LogP contribution in [0.25, 0.3) is 56.1 Å². The molecular weight excluding hydrogens is 1160 g/mol. The molecule has 0 N–H and O–H groups in total. The van der Waals surface area contributed by atoms with E-state index in [4.69, 9.17) is 9.47 Å². The highest BCUT2D eigenvalue weighted by molar-refractivity contribution is 9.11. The number of aromatic nitrogens is 2. The monoisotopic (exact) mass is 1210 g/mol. The van der Waals surface area contributed by atoms with Gasteiger partial charge in [-0.25, -0.2) is 9.59 Å². The molecule has 0 fully saturated rings. The van der Waals surface area contributed by atoms with Crippen LogP contribution in [0.1, 0.15) is 62.6 Å². The molecule has 0 bridgehead atoms. The standard InChI is InChI=1S/C61H51Br4N3O4/c1-6-71-60(69)56-52(67(50-32-10-39(4)11-33-50)58(43-18-26-47(64)27-19-43)54(56)41-14-22-45(62)23-15-41)36-66(49-30-8-38(3)9-31-49)37-53-57(61(70)72-7-2)55(42-16-24-46(63)25-17-42)59(44-20-28-48(65)29-21-44)68(53)51-34-12-40(5)13-35-51/h8-35H,6-7,36-37H2,1-5H3. The second-order valence-electron chi connectivity index (χ2n) is 17.6. The normalized spacial score (nSPS) is 11.2. The molecule has 0 saturated heterocycles. The average Bonchev–Trinajstić information content (AvgIpc) is 3.89. The minimum atomic E-state index is -0.441. The number of esters is 2. The zero-order valence-corrected chi connectivity index (χ0v) is 46.8. The van der Waals surface area contributed by atoms with Crippen molar-refractivity contribution in [2.45, 2.75) is 47.7 Å². The van der Waals surface area contributed by atoms with Crippen molar-refractivity contribution in [3.8, 4) is 56.1 Å². The molecule has 0 aliphatic carbocycles. The molecule has 7 nitrogen and oxygen atoms in total. The van der Waals surface area contributed by atoms with Gasteiger partial charge in [-0.15, -0.1) is 0 Å². The van der Waals surface area contributed by atoms with Gasteiger partial charge in [0.1, 0.15) is 0 Å². The van der Waals surface area contributed by atoms with Gasteiger partial charge in [0.2, 0.25) is 0 Å². The van der Waals surface area contributed by atoms with Crippen LogP contribution in [-0.4, -0.2) is 34.3 Å². The summed E-state index contributed by atoms with van der Waals surface area (Å²) in [6.45, 7) is 10.6. The van der Waals surface area contributed by atoms with Crippen LogP contribution in [-0.2, 0) is 22.6 Å². The van der Waals surface area contributed by atoms with Crippen molar-refractivity contribution in [3.63, 3.8) is 0 Å². The van der Waals surface area contributed by atoms with E-state index in [1.807, 2.05) is 86.6 Å². The van der Waals surface area contributed by atoms with E-state index in [0.717, 1.165) is 96.4 Å². The molecule has 2 aromatic heterocycles. The smallest absolute Gasteiger partial charge is 0.340 e. The number of aryl methyl sites for hydroxylation is 3. The van der Waals surface area contributed by atoms with Gasteiger partial charge in [-0.2, -0.15) is 0 Å². The third kappa shape index (κ3) is 10.6. The van der Waals surface area contributed by atoms with E-state index in [2.05, 4.69) is 196 Å². The number of hydrogen-bond acceptors (Lipinski definition) is 5. The van der Waals surface area contributed by atoms with Gasteiger partial charge < -0.3 is 23.5 Å². The summed E-state index contributed by atoms with van der Waals surface area (Å²) in [4.78, 5) is 32.5. The highest BCUT2D eigenvalue weighted by atomic mass is 79.9. The molecular formula is C61H51Br4N3O4. The lowest BCUT2D eigenvalue weighted by Gasteiger charge is -2.28. The molecule has 2 heterocycles. The molecule has 11 heteroatoms. The Morgan fingerprint density at radius 3 is 1.01 bits per heavy atom. The molecule has 362 valence electrons. The first-order chi connectivity index (χ1) is 34.8. The van der Waals surface area contributed by atoms with Gasteiger partial charge in [0.25, 0.3) is 0 Å². The van der Waals surface area contributed by atoms with Gasteiger partial charge >= 0.3 is 11.9 Å². The van der Waals surface area contributed by atoms with Gasteiger partial charge in [-0.3, -0.25) is 0 Å². The molecule has 9 aromatic rings. The number of carbonyl (C=O) groups excluding carboxylic acids is 2. The zero-order valence-electron chi connectivity index (χ0n) is 40.5. The lowest BCUT2D eigenvalue weighted by Crippen LogP contribution is -2.27. The number of anilines is 1. The Balaban J connectivity index is 1.41. The van der Waals surface area contributed by atoms with E-state index in [0.29, 0.717) is 22.5 Å². The van der Waals surface area contributed by atoms with Crippen LogP contribution in [0.2, 0.25) is 0 Å². The topological polar surface area (TPSA) is 65.7 Å². The zero-order chi connectivity index (χ0) is 50.6. The first-order valence-electron chi connectivity index (χ1n) is 23.7. The van der Waals surface area contributed by atoms with E-state index in [9.17, 15) is 0 Å². The summed E-state index contributed by atoms with van der Waals surface area (Å²) in [6.07, 6.45) is 0. The number of carbonyl (C=O) groups is 2. The van der Waals surface area contributed by atoms with Crippen molar-refractivity contribution < 1.29 is 19.1 Å². The molecule has 9 rings (SSSR count). The second kappa shape index (κ2) is 22.3. The summed E-state index contributed by atoms with van der Waals surface area (Å²) >= 11 is 14.7. The Kier molecular flexibility index (Phi) is 15.7. The maximum absolute atomic E-state index is 15.1. The van der Waals surface area contributed by atoms with Crippen LogP contribution in [0.4, 0.5) is 5.69 Å². The Bertz CT molecular complexity index is 3170. The Labute approximate surface area is 455 Å². The molecule has 0 atom stereocenters. The van der Waals surface area contributed by atoms with Crippen LogP contribution in [0.3, 0.4) is 0 Å². The Morgan fingerprint density at radius 1 is 0.417 bits per heavy atom. The van der Waals surface area contributed by atoms with Crippen molar-refractivity contribution in [2.75, 3.05) is 18.1 Å². The summed E-state index contributed by atoms with van der Waals surface area (Å²) in [7, 11) is 0. The first kappa shape index (κ1) is 50.7. The van der Waals surface area contributed by atoms with Crippen molar-refractivity contribution in [1.82, 2.24) is 9.13 Å². The lowest BCUT2D eigenvalue weighted by molar-refractivity contribution is 0.0516. The second-order valence-corrected chi connectivity index (χ2v) is 21.3. The fourth-order valence-electron chi connectivity index (χ4n) is 9.26. The molecule has 0 saturated carbocycles. The molecule has 0 unspecified atom stereocenters. The van der Waals surface area contributed by atoms with Crippen LogP contribution < -0.4 is 4.90 Å². The van der Waals surface area contributed by atoms with Crippen molar-refractivity contribution in [3.05, 3.63) is 227 Å². The van der Waals surface area contributed by atoms with E-state index in [1.54, 1.807) is 0 Å². The lowest BCUT2D eigenvalue weighted by atomic mass is 9.96. The van der Waals surface area contributed by atoms with Gasteiger partial charge in [-0.05, 0) is 142 Å². The van der Waals surface area contributed by atoms with Gasteiger partial charge in [0.05, 0.1) is 60.2 Å². The number of halogens is 4. The number of rotatable bonds is 15. The number of nitrogens with zero attached hydrogens (tertiary/aromatic N) is 3. The van der Waals surface area contributed by atoms with Gasteiger partial charge in [0, 0.05) is 46.1 Å². The summed E-state index contributed by atoms with van der Waals surface area (Å²) in [6, 6.07) is 57.8. The average molecular weight is 1210 g/mol. The molecule has 7 aromatic carbocycles. The maximum Gasteiger partial charge on any atom is 0.340 e. The Hall–Kier alpha value is -6.24. The fourth-order valence-corrected chi connectivity index (χ4v) is 10.3. The summed E-state index contributed by atoms with van der Waals surface area (Å²) in [5.41, 5.74) is 14.9. The summed E-state index contributed by atoms with van der Waals surface area (Å²) < 4.78 is 20.3. The van der Waals surface area contributed by atoms with Crippen LogP contribution in [0, 0.1) is 20.8 Å². The predicted molar refractivity (Wildman–Crippen MR) is 307 cm³/mol. The number of benzene rings is 7. The highest BCUT2D eigenvalue weighted by Gasteiger charge is 2.35. The van der Waals surface area contributed by atoms with Gasteiger partial charge in [-0.1, -0.05) is 165 Å². The van der Waals surface area contributed by atoms with Crippen molar-refractivity contribution in [2.24, 2.45) is 0 Å². The third-order valence-electron chi connectivity index (χ3n) is 12.7. The van der Waals surface area contributed by atoms with E-state index in [1.165, 1.54) is 0 Å². The maximum atomic E-state index is 15.1. The molecule has 0 aliphatic heterocycles. The third-order valence-corrected chi connectivity index (χ3v) is 14.8. The van der Waals surface area contributed by atoms with E-state index in [-0.39, 0.29) is 26.3 Å². The van der Waals surface area contributed by atoms with Crippen molar-refractivity contribution in [1.29, 1.82) is 0 Å². The van der Waals surface area contributed by atoms with Gasteiger partial charge in [0.15, 0.2) is 0 Å². The fraction of sp³-hybridized carbons (Fsp3) is 0.148. The molecule has 0 spiro atoms. The number of hydrogen-bond donors (Lipinski definition) is 0. The summed E-state index contributed by atoms with van der Waals surface area (Å²) in [5, 5.41) is 0. The van der Waals surface area contributed by atoms with Crippen LogP contribution in [0.15, 0.2) is 188 Å². The minimum Gasteiger partial charge on any atom is -0.462 e. The Morgan fingerprint density at radius 2 is 0.708 bits per heavy atom. The molecule has 0 aliphatic rings. The SMILES string of the molecule is CCOC(=O)c1c(-c2ccc(Br)cc2)c(-c2ccc(Br)cc2)n(-c2ccc(C)cc2)c1CN(Cc1c(C(=O)OCC)c(-c2ccc(Br)cc2)c(-c2ccc(Br)cc2)n1-c1ccc(C)cc1)c1ccc(C)cc1. The highest BCUT2D eigenvalue weighted by Crippen LogP contribution is 2.46. The van der Waals surface area contributed by atoms with Crippen molar-refractivity contribution >= 4 is 81.3 Å². The largest absolute Gasteiger partial charge is 0.462 e. The predicted octanol–water partition coefficient (Wildman–Crippen LogP) is 17.5. The number of ether oxygens (including phenoxy) is 2. The first-order valence-corrected chi connectivity index (χ1v) is 26.9.